The average Bonchev–Trinajstić information content (AvgIpc) is 2.62. The molecule has 1 saturated heterocycles. The van der Waals surface area contributed by atoms with Crippen molar-refractivity contribution in [3.05, 3.63) is 65.7 Å². The van der Waals surface area contributed by atoms with Crippen molar-refractivity contribution in [1.82, 2.24) is 5.32 Å². The molecule has 1 aliphatic rings. The Morgan fingerprint density at radius 2 is 1.67 bits per heavy atom. The predicted molar refractivity (Wildman–Crippen MR) is 98.6 cm³/mol. The molecule has 4 nitrogen and oxygen atoms in total. The average molecular weight is 347 g/mol. The highest BCUT2D eigenvalue weighted by Crippen LogP contribution is 2.34. The predicted octanol–water partition coefficient (Wildman–Crippen LogP) is 3.17. The van der Waals surface area contributed by atoms with Crippen LogP contribution in [-0.2, 0) is 10.2 Å². The molecule has 0 aromatic heterocycles. The molecule has 0 atom stereocenters. The van der Waals surface area contributed by atoms with E-state index < -0.39 is 0 Å². The van der Waals surface area contributed by atoms with Crippen molar-refractivity contribution in [3.63, 3.8) is 0 Å². The van der Waals surface area contributed by atoms with Gasteiger partial charge in [-0.25, -0.2) is 0 Å². The Morgan fingerprint density at radius 1 is 1.04 bits per heavy atom. The van der Waals surface area contributed by atoms with Gasteiger partial charge >= 0.3 is 0 Å². The van der Waals surface area contributed by atoms with Gasteiger partial charge in [0.2, 0.25) is 0 Å². The second kappa shape index (κ2) is 8.18. The Labute approximate surface area is 148 Å². The molecule has 128 valence electrons. The number of carbonyl (C=O) groups excluding carboxylic acids is 1. The SMILES string of the molecule is Cl.Nc1ccc(C(=O)NCC2(c3ccccc3)CCOCC2)cc1. The van der Waals surface area contributed by atoms with Crippen molar-refractivity contribution in [2.45, 2.75) is 18.3 Å². The Hall–Kier alpha value is -2.04. The fourth-order valence-electron chi connectivity index (χ4n) is 3.11. The van der Waals surface area contributed by atoms with Crippen LogP contribution in [0.25, 0.3) is 0 Å². The zero-order valence-corrected chi connectivity index (χ0v) is 14.4. The maximum Gasteiger partial charge on any atom is 0.251 e. The lowest BCUT2D eigenvalue weighted by atomic mass is 9.74. The van der Waals surface area contributed by atoms with E-state index in [-0.39, 0.29) is 23.7 Å². The van der Waals surface area contributed by atoms with E-state index in [1.807, 2.05) is 18.2 Å². The first-order chi connectivity index (χ1) is 11.2. The number of nitrogens with one attached hydrogen (secondary N) is 1. The van der Waals surface area contributed by atoms with Gasteiger partial charge in [-0.15, -0.1) is 12.4 Å². The third kappa shape index (κ3) is 4.08. The maximum absolute atomic E-state index is 12.4. The summed E-state index contributed by atoms with van der Waals surface area (Å²) in [6.45, 7) is 2.07. The smallest absolute Gasteiger partial charge is 0.251 e. The molecule has 24 heavy (non-hydrogen) atoms. The normalized spacial score (nSPS) is 16.0. The number of rotatable bonds is 4. The van der Waals surface area contributed by atoms with E-state index in [4.69, 9.17) is 10.5 Å². The summed E-state index contributed by atoms with van der Waals surface area (Å²) in [5.74, 6) is -0.0632. The van der Waals surface area contributed by atoms with Gasteiger partial charge in [0, 0.05) is 36.4 Å². The highest BCUT2D eigenvalue weighted by molar-refractivity contribution is 5.94. The Bertz CT molecular complexity index is 653. The Kier molecular flexibility index (Phi) is 6.23. The fraction of sp³-hybridized carbons (Fsp3) is 0.316. The molecule has 3 N–H and O–H groups in total. The molecule has 2 aromatic carbocycles. The van der Waals surface area contributed by atoms with Gasteiger partial charge in [0.05, 0.1) is 0 Å². The summed E-state index contributed by atoms with van der Waals surface area (Å²) in [4.78, 5) is 12.4. The number of benzene rings is 2. The lowest BCUT2D eigenvalue weighted by molar-refractivity contribution is 0.0487. The molecule has 3 rings (SSSR count). The summed E-state index contributed by atoms with van der Waals surface area (Å²) < 4.78 is 5.52. The zero-order valence-electron chi connectivity index (χ0n) is 13.5. The molecule has 1 aliphatic heterocycles. The highest BCUT2D eigenvalue weighted by Gasteiger charge is 2.34. The van der Waals surface area contributed by atoms with Crippen molar-refractivity contribution in [2.75, 3.05) is 25.5 Å². The zero-order chi connectivity index (χ0) is 16.1. The quantitative estimate of drug-likeness (QED) is 0.836. The third-order valence-corrected chi connectivity index (χ3v) is 4.60. The van der Waals surface area contributed by atoms with Crippen LogP contribution in [0.5, 0.6) is 0 Å². The molecule has 0 saturated carbocycles. The van der Waals surface area contributed by atoms with Gasteiger partial charge in [0.1, 0.15) is 0 Å². The topological polar surface area (TPSA) is 64.4 Å². The van der Waals surface area contributed by atoms with Gasteiger partial charge in [-0.3, -0.25) is 4.79 Å². The number of amides is 1. The van der Waals surface area contributed by atoms with Crippen LogP contribution in [-0.4, -0.2) is 25.7 Å². The molecule has 1 fully saturated rings. The summed E-state index contributed by atoms with van der Waals surface area (Å²) >= 11 is 0. The van der Waals surface area contributed by atoms with Gasteiger partial charge in [-0.1, -0.05) is 30.3 Å². The molecule has 5 heteroatoms. The van der Waals surface area contributed by atoms with E-state index in [1.54, 1.807) is 24.3 Å². The van der Waals surface area contributed by atoms with Crippen molar-refractivity contribution in [3.8, 4) is 0 Å². The van der Waals surface area contributed by atoms with Crippen LogP contribution in [0, 0.1) is 0 Å². The summed E-state index contributed by atoms with van der Waals surface area (Å²) in [5, 5.41) is 3.09. The summed E-state index contributed by atoms with van der Waals surface area (Å²) in [7, 11) is 0. The van der Waals surface area contributed by atoms with E-state index in [2.05, 4.69) is 17.4 Å². The molecule has 0 unspecified atom stereocenters. The first-order valence-electron chi connectivity index (χ1n) is 7.97. The summed E-state index contributed by atoms with van der Waals surface area (Å²) in [6.07, 6.45) is 1.83. The molecule has 2 aromatic rings. The van der Waals surface area contributed by atoms with E-state index >= 15 is 0 Å². The summed E-state index contributed by atoms with van der Waals surface area (Å²) in [5.41, 5.74) is 8.17. The number of halogens is 1. The lowest BCUT2D eigenvalue weighted by Gasteiger charge is -2.38. The Balaban J connectivity index is 0.00000208. The van der Waals surface area contributed by atoms with Crippen molar-refractivity contribution in [1.29, 1.82) is 0 Å². The van der Waals surface area contributed by atoms with Crippen molar-refractivity contribution >= 4 is 24.0 Å². The van der Waals surface area contributed by atoms with Gasteiger partial charge in [-0.2, -0.15) is 0 Å². The second-order valence-electron chi connectivity index (χ2n) is 6.06. The first kappa shape index (κ1) is 18.3. The van der Waals surface area contributed by atoms with Gasteiger partial charge in [0.15, 0.2) is 0 Å². The molecule has 1 amide bonds. The minimum Gasteiger partial charge on any atom is -0.399 e. The number of hydrogen-bond donors (Lipinski definition) is 2. The molecular formula is C19H23ClN2O2. The number of nitrogen functional groups attached to an aromatic ring is 1. The first-order valence-corrected chi connectivity index (χ1v) is 7.97. The fourth-order valence-corrected chi connectivity index (χ4v) is 3.11. The molecule has 1 heterocycles. The number of carbonyl (C=O) groups is 1. The van der Waals surface area contributed by atoms with Gasteiger partial charge in [0.25, 0.3) is 5.91 Å². The molecule has 0 spiro atoms. The van der Waals surface area contributed by atoms with E-state index in [0.29, 0.717) is 17.8 Å². The number of ether oxygens (including phenoxy) is 1. The molecular weight excluding hydrogens is 324 g/mol. The highest BCUT2D eigenvalue weighted by atomic mass is 35.5. The van der Waals surface area contributed by atoms with Crippen molar-refractivity contribution in [2.24, 2.45) is 0 Å². The van der Waals surface area contributed by atoms with Crippen LogP contribution < -0.4 is 11.1 Å². The monoisotopic (exact) mass is 346 g/mol. The van der Waals surface area contributed by atoms with Crippen LogP contribution in [0.3, 0.4) is 0 Å². The molecule has 0 radical (unpaired) electrons. The van der Waals surface area contributed by atoms with E-state index in [9.17, 15) is 4.79 Å². The molecule has 0 bridgehead atoms. The third-order valence-electron chi connectivity index (χ3n) is 4.60. The second-order valence-corrected chi connectivity index (χ2v) is 6.06. The van der Waals surface area contributed by atoms with Crippen LogP contribution in [0.4, 0.5) is 5.69 Å². The minimum absolute atomic E-state index is 0. The van der Waals surface area contributed by atoms with E-state index in [1.165, 1.54) is 5.56 Å². The van der Waals surface area contributed by atoms with Gasteiger partial charge in [-0.05, 0) is 42.7 Å². The van der Waals surface area contributed by atoms with Crippen LogP contribution >= 0.6 is 12.4 Å². The maximum atomic E-state index is 12.4. The largest absolute Gasteiger partial charge is 0.399 e. The van der Waals surface area contributed by atoms with E-state index in [0.717, 1.165) is 26.1 Å². The summed E-state index contributed by atoms with van der Waals surface area (Å²) in [6, 6.07) is 17.4. The standard InChI is InChI=1S/C19H22N2O2.ClH/c20-17-8-6-15(7-9-17)18(22)21-14-19(10-12-23-13-11-19)16-4-2-1-3-5-16;/h1-9H,10-14,20H2,(H,21,22);1H. The lowest BCUT2D eigenvalue weighted by Crippen LogP contribution is -2.44. The number of anilines is 1. The van der Waals surface area contributed by atoms with Gasteiger partial charge < -0.3 is 15.8 Å². The van der Waals surface area contributed by atoms with Crippen LogP contribution in [0.2, 0.25) is 0 Å². The number of nitrogens with two attached hydrogens (primary N) is 1. The Morgan fingerprint density at radius 3 is 2.29 bits per heavy atom. The minimum atomic E-state index is -0.0632. The number of hydrogen-bond acceptors (Lipinski definition) is 3. The van der Waals surface area contributed by atoms with Crippen LogP contribution in [0.15, 0.2) is 54.6 Å². The van der Waals surface area contributed by atoms with Crippen molar-refractivity contribution < 1.29 is 9.53 Å². The molecule has 0 aliphatic carbocycles. The van der Waals surface area contributed by atoms with Crippen LogP contribution in [0.1, 0.15) is 28.8 Å².